The monoisotopic (exact) mass is 1480 g/mol. The number of amides is 3. The summed E-state index contributed by atoms with van der Waals surface area (Å²) in [7, 11) is 0. The second kappa shape index (κ2) is 33.2. The summed E-state index contributed by atoms with van der Waals surface area (Å²) in [6.45, 7) is 20.2. The number of hydrogen-bond acceptors (Lipinski definition) is 15. The van der Waals surface area contributed by atoms with Crippen molar-refractivity contribution in [1.29, 1.82) is 0 Å². The Morgan fingerprint density at radius 1 is 0.486 bits per heavy atom. The molecule has 1 aliphatic carbocycles. The van der Waals surface area contributed by atoms with Gasteiger partial charge in [0.15, 0.2) is 0 Å². The molecule has 0 spiro atoms. The van der Waals surface area contributed by atoms with Crippen LogP contribution in [-0.2, 0) is 87.7 Å². The third-order valence-corrected chi connectivity index (χ3v) is 20.2. The van der Waals surface area contributed by atoms with Gasteiger partial charge in [0.25, 0.3) is 0 Å². The SMILES string of the molecule is C.CC(=O)O[C@@H]1CC[C@H](Cc2c(-c3[nH]c4cc(F)ccc4c3C[C@@H]3C[C@H](OC(C)=O)CN3)[nH]c3cc(F)ccc23)C1.CC[C@H](CC(=O)OC(C)(C)C)C(=O)N1C[C@@H](OC(C)=O)C[C@H]1Cc1c(-c2[nH]c3cc(F)ccc3c2C[C@@H]2C[C@H](OC(C)=O)CN2C(=O)[C@H](CC)NC(=O)OC(C)(C)C)[nH]c2cc(F)ccc12. The standard InChI is InChI=1S/C49H63F2N5O10.C31H33F2N3O4.CH4/c1-11-28(17-42(59)65-48(5,6)7)45(60)55-24-33(63-26(3)57)20-31(55)22-37-35-15-13-29(50)18-40(35)52-43(37)44-38(36-16-14-30(51)19-41(36)53-44)23-32-21-34(64-27(4)58)25-56(32)46(61)39(12-2)54-47(62)66-49(8,9)10;1-16(37)39-22-6-3-18(9-22)10-26-24-7-4-19(32)11-28(24)35-30(26)31-27(25-8-5-20(33)12-29(25)36-31)14-21-13-23(15-34-21)40-17(2)38;/h13-16,18-19,28,31-34,39,52-53H,11-12,17,20-25H2,1-10H3,(H,54,62);4-5,7-8,11-12,18,21-23,34-36H,3,6,9-10,13-15H2,1-2H3;1H4/t28-,31+,32+,33+,34+,39+;18-,21-,22+,23-;/m10./s1. The number of esters is 5. The van der Waals surface area contributed by atoms with Gasteiger partial charge in [0.1, 0.15) is 64.9 Å². The van der Waals surface area contributed by atoms with E-state index < -0.39 is 89.0 Å². The number of halogens is 4. The van der Waals surface area contributed by atoms with Crippen molar-refractivity contribution in [2.24, 2.45) is 11.8 Å². The van der Waals surface area contributed by atoms with Crippen LogP contribution in [-0.4, -0.2) is 157 Å². The van der Waals surface area contributed by atoms with Gasteiger partial charge in [-0.15, -0.1) is 0 Å². The zero-order valence-corrected chi connectivity index (χ0v) is 62.1. The van der Waals surface area contributed by atoms with Crippen molar-refractivity contribution < 1.29 is 84.3 Å². The smallest absolute Gasteiger partial charge is 0.408 e. The van der Waals surface area contributed by atoms with Crippen molar-refractivity contribution in [1.82, 2.24) is 40.4 Å². The first-order valence-corrected chi connectivity index (χ1v) is 36.6. The van der Waals surface area contributed by atoms with E-state index in [-0.39, 0.29) is 107 Å². The minimum atomic E-state index is -0.963. The van der Waals surface area contributed by atoms with Crippen molar-refractivity contribution in [3.63, 3.8) is 0 Å². The number of ether oxygens (including phenoxy) is 6. The number of benzene rings is 4. The van der Waals surface area contributed by atoms with Gasteiger partial charge in [-0.05, 0) is 200 Å². The van der Waals surface area contributed by atoms with Crippen LogP contribution in [0, 0.1) is 35.1 Å². The molecule has 4 aromatic heterocycles. The molecule has 3 saturated heterocycles. The number of likely N-dealkylation sites (tertiary alicyclic amines) is 2. The van der Waals surface area contributed by atoms with Gasteiger partial charge in [0.05, 0.1) is 42.3 Å². The normalized spacial score (nSPS) is 20.7. The van der Waals surface area contributed by atoms with E-state index in [0.717, 1.165) is 59.0 Å². The molecule has 6 N–H and O–H groups in total. The molecule has 10 atom stereocenters. The molecule has 0 unspecified atom stereocenters. The molecule has 22 nitrogen and oxygen atoms in total. The molecule has 0 bridgehead atoms. The second-order valence-electron chi connectivity index (χ2n) is 30.7. The number of carbonyl (C=O) groups is 8. The lowest BCUT2D eigenvalue weighted by molar-refractivity contribution is -0.158. The van der Waals surface area contributed by atoms with E-state index in [1.54, 1.807) is 76.5 Å². The fraction of sp³-hybridized carbons (Fsp3) is 0.506. The first kappa shape index (κ1) is 79.8. The lowest BCUT2D eigenvalue weighted by Gasteiger charge is -2.30. The van der Waals surface area contributed by atoms with E-state index in [1.807, 2.05) is 13.0 Å². The van der Waals surface area contributed by atoms with Crippen LogP contribution >= 0.6 is 0 Å². The Kier molecular flexibility index (Phi) is 24.8. The quantitative estimate of drug-likeness (QED) is 0.0221. The number of alkyl carbamates (subject to hydrolysis) is 1. The van der Waals surface area contributed by atoms with Crippen LogP contribution in [0.15, 0.2) is 72.8 Å². The van der Waals surface area contributed by atoms with Crippen LogP contribution < -0.4 is 10.6 Å². The Hall–Kier alpha value is -9.72. The van der Waals surface area contributed by atoms with Gasteiger partial charge in [-0.25, -0.2) is 22.4 Å². The first-order valence-electron chi connectivity index (χ1n) is 36.6. The molecule has 3 amide bonds. The molecule has 7 heterocycles. The highest BCUT2D eigenvalue weighted by Gasteiger charge is 2.44. The third-order valence-electron chi connectivity index (χ3n) is 20.2. The average Bonchev–Trinajstić information content (AvgIpc) is 1.61. The summed E-state index contributed by atoms with van der Waals surface area (Å²) in [5.41, 5.74) is 6.93. The number of rotatable bonds is 21. The highest BCUT2D eigenvalue weighted by Crippen LogP contribution is 2.44. The number of hydrogen-bond donors (Lipinski definition) is 6. The summed E-state index contributed by atoms with van der Waals surface area (Å²) in [6, 6.07) is 16.2. The van der Waals surface area contributed by atoms with Crippen LogP contribution in [0.4, 0.5) is 22.4 Å². The van der Waals surface area contributed by atoms with E-state index in [9.17, 15) is 47.1 Å². The van der Waals surface area contributed by atoms with Crippen molar-refractivity contribution in [2.45, 2.75) is 234 Å². The summed E-state index contributed by atoms with van der Waals surface area (Å²) in [4.78, 5) is 119. The highest BCUT2D eigenvalue weighted by atomic mass is 19.1. The maximum atomic E-state index is 15.0. The molecule has 0 radical (unpaired) electrons. The predicted octanol–water partition coefficient (Wildman–Crippen LogP) is 14.1. The van der Waals surface area contributed by atoms with E-state index in [2.05, 4.69) is 30.6 Å². The average molecular weight is 1490 g/mol. The van der Waals surface area contributed by atoms with E-state index in [4.69, 9.17) is 28.4 Å². The topological polar surface area (TPSA) is 286 Å². The van der Waals surface area contributed by atoms with Gasteiger partial charge in [-0.3, -0.25) is 33.6 Å². The van der Waals surface area contributed by atoms with Crippen LogP contribution in [0.5, 0.6) is 0 Å². The maximum Gasteiger partial charge on any atom is 0.408 e. The van der Waals surface area contributed by atoms with E-state index >= 15 is 8.78 Å². The lowest BCUT2D eigenvalue weighted by atomic mass is 9.93. The summed E-state index contributed by atoms with van der Waals surface area (Å²) in [5.74, 6) is -4.86. The molecule has 26 heteroatoms. The molecule has 576 valence electrons. The Balaban J connectivity index is 0.000000253. The molecule has 4 fully saturated rings. The summed E-state index contributed by atoms with van der Waals surface area (Å²) in [6.07, 6.45) is 3.62. The van der Waals surface area contributed by atoms with E-state index in [0.29, 0.717) is 87.1 Å². The van der Waals surface area contributed by atoms with Gasteiger partial charge in [0.2, 0.25) is 11.8 Å². The maximum absolute atomic E-state index is 15.0. The van der Waals surface area contributed by atoms with E-state index in [1.165, 1.54) is 76.2 Å². The summed E-state index contributed by atoms with van der Waals surface area (Å²) < 4.78 is 91.8. The van der Waals surface area contributed by atoms with Gasteiger partial charge in [-0.2, -0.15) is 0 Å². The Labute approximate surface area is 619 Å². The third kappa shape index (κ3) is 19.4. The lowest BCUT2D eigenvalue weighted by Crippen LogP contribution is -2.51. The minimum absolute atomic E-state index is 0. The van der Waals surface area contributed by atoms with Crippen LogP contribution in [0.2, 0.25) is 0 Å². The number of aromatic amines is 4. The Bertz CT molecular complexity index is 4350. The molecule has 4 aromatic carbocycles. The zero-order chi connectivity index (χ0) is 76.4. The largest absolute Gasteiger partial charge is 0.463 e. The molecule has 4 aliphatic rings. The van der Waals surface area contributed by atoms with Crippen molar-refractivity contribution in [2.75, 3.05) is 19.6 Å². The molecule has 1 saturated carbocycles. The number of nitrogens with zero attached hydrogens (tertiary/aromatic N) is 2. The minimum Gasteiger partial charge on any atom is -0.463 e. The number of nitrogens with one attached hydrogen (secondary N) is 6. The van der Waals surface area contributed by atoms with Crippen LogP contribution in [0.1, 0.15) is 171 Å². The van der Waals surface area contributed by atoms with Crippen LogP contribution in [0.25, 0.3) is 66.4 Å². The molecule has 3 aliphatic heterocycles. The summed E-state index contributed by atoms with van der Waals surface area (Å²) in [5, 5.41) is 9.32. The van der Waals surface area contributed by atoms with Gasteiger partial charge >= 0.3 is 35.9 Å². The molecule has 8 aromatic rings. The second-order valence-corrected chi connectivity index (χ2v) is 30.7. The predicted molar refractivity (Wildman–Crippen MR) is 396 cm³/mol. The molecule has 107 heavy (non-hydrogen) atoms. The number of aromatic nitrogens is 4. The van der Waals surface area contributed by atoms with Gasteiger partial charge < -0.3 is 68.8 Å². The highest BCUT2D eigenvalue weighted by molar-refractivity contribution is 5.98. The number of fused-ring (bicyclic) bond motifs is 4. The molecular formula is C81H100F4N8O14. The summed E-state index contributed by atoms with van der Waals surface area (Å²) >= 11 is 0. The van der Waals surface area contributed by atoms with Gasteiger partial charge in [0, 0.05) is 121 Å². The number of carbonyl (C=O) groups excluding carboxylic acids is 8. The van der Waals surface area contributed by atoms with Crippen molar-refractivity contribution in [3.05, 3.63) is 118 Å². The Morgan fingerprint density at radius 3 is 1.28 bits per heavy atom. The zero-order valence-electron chi connectivity index (χ0n) is 62.1. The van der Waals surface area contributed by atoms with Gasteiger partial charge in [-0.1, -0.05) is 21.3 Å². The van der Waals surface area contributed by atoms with Crippen LogP contribution in [0.3, 0.4) is 0 Å². The Morgan fingerprint density at radius 2 is 0.879 bits per heavy atom. The van der Waals surface area contributed by atoms with Crippen molar-refractivity contribution >= 4 is 91.4 Å². The molecular weight excluding hydrogens is 1380 g/mol. The fourth-order valence-electron chi connectivity index (χ4n) is 16.0. The number of H-pyrrole nitrogens is 4. The van der Waals surface area contributed by atoms with Crippen molar-refractivity contribution in [3.8, 4) is 22.8 Å². The first-order chi connectivity index (χ1) is 50.2. The molecule has 12 rings (SSSR count). The fourth-order valence-corrected chi connectivity index (χ4v) is 16.0.